The Balaban J connectivity index is 1.94. The highest BCUT2D eigenvalue weighted by Gasteiger charge is 2.38. The van der Waals surface area contributed by atoms with Crippen LogP contribution in [0.4, 0.5) is 8.78 Å². The maximum atomic E-state index is 13.4. The second-order valence-electron chi connectivity index (χ2n) is 6.56. The first kappa shape index (κ1) is 18.3. The fourth-order valence-corrected chi connectivity index (χ4v) is 4.46. The molecule has 0 amide bonds. The van der Waals surface area contributed by atoms with Crippen molar-refractivity contribution in [2.75, 3.05) is 12.3 Å². The van der Waals surface area contributed by atoms with Crippen LogP contribution in [0, 0.1) is 5.92 Å². The van der Waals surface area contributed by atoms with Crippen molar-refractivity contribution < 1.29 is 22.3 Å². The normalized spacial score (nSPS) is 24.1. The average Bonchev–Trinajstić information content (AvgIpc) is 2.45. The van der Waals surface area contributed by atoms with Crippen LogP contribution in [0.5, 0.6) is 0 Å². The molecule has 4 nitrogen and oxygen atoms in total. The zero-order valence-electron chi connectivity index (χ0n) is 13.1. The Kier molecular flexibility index (Phi) is 5.43. The third-order valence-corrected chi connectivity index (χ3v) is 5.72. The van der Waals surface area contributed by atoms with E-state index in [4.69, 9.17) is 0 Å². The van der Waals surface area contributed by atoms with Crippen LogP contribution >= 0.6 is 0 Å². The predicted molar refractivity (Wildman–Crippen MR) is 84.7 cm³/mol. The minimum atomic E-state index is -3.72. The number of rotatable bonds is 6. The van der Waals surface area contributed by atoms with Crippen LogP contribution in [0.15, 0.2) is 30.3 Å². The number of sulfonamides is 1. The molecular weight excluding hydrogens is 324 g/mol. The topological polar surface area (TPSA) is 66.4 Å². The molecule has 0 unspecified atom stereocenters. The zero-order valence-corrected chi connectivity index (χ0v) is 14.0. The van der Waals surface area contributed by atoms with E-state index < -0.39 is 27.5 Å². The molecule has 0 bridgehead atoms. The molecule has 7 heteroatoms. The van der Waals surface area contributed by atoms with Crippen LogP contribution in [0.1, 0.15) is 38.2 Å². The van der Waals surface area contributed by atoms with Crippen molar-refractivity contribution in [3.63, 3.8) is 0 Å². The van der Waals surface area contributed by atoms with Crippen LogP contribution in [-0.4, -0.2) is 31.7 Å². The molecule has 0 aliphatic heterocycles. The van der Waals surface area contributed by atoms with Gasteiger partial charge in [0.1, 0.15) is 5.60 Å². The smallest absolute Gasteiger partial charge is 0.248 e. The molecule has 1 saturated carbocycles. The summed E-state index contributed by atoms with van der Waals surface area (Å²) in [6, 6.07) is 8.71. The number of hydrogen-bond acceptors (Lipinski definition) is 3. The van der Waals surface area contributed by atoms with Crippen molar-refractivity contribution in [2.24, 2.45) is 5.92 Å². The van der Waals surface area contributed by atoms with Crippen LogP contribution in [0.3, 0.4) is 0 Å². The van der Waals surface area contributed by atoms with Gasteiger partial charge in [0.05, 0.1) is 5.75 Å². The number of nitrogens with one attached hydrogen (secondary N) is 1. The van der Waals surface area contributed by atoms with Crippen molar-refractivity contribution in [3.05, 3.63) is 35.9 Å². The van der Waals surface area contributed by atoms with Gasteiger partial charge < -0.3 is 5.11 Å². The first-order chi connectivity index (χ1) is 10.6. The highest BCUT2D eigenvalue weighted by Crippen LogP contribution is 2.37. The Hall–Kier alpha value is -1.05. The standard InChI is InChI=1S/C16H23F2NO3S/c1-15(20,14-7-3-2-4-8-14)12-19-23(21,22)11-13-6-5-9-16(17,18)10-13/h2-4,7-8,13,19-20H,5-6,9-12H2,1H3/t13-,15+/m1/s1. The average molecular weight is 347 g/mol. The number of hydrogen-bond donors (Lipinski definition) is 2. The second kappa shape index (κ2) is 6.83. The Morgan fingerprint density at radius 2 is 2.00 bits per heavy atom. The predicted octanol–water partition coefficient (Wildman–Crippen LogP) is 2.64. The number of alkyl halides is 2. The van der Waals surface area contributed by atoms with E-state index >= 15 is 0 Å². The monoisotopic (exact) mass is 347 g/mol. The summed E-state index contributed by atoms with van der Waals surface area (Å²) in [4.78, 5) is 0. The fourth-order valence-electron chi connectivity index (χ4n) is 2.94. The lowest BCUT2D eigenvalue weighted by atomic mass is 9.88. The molecule has 1 fully saturated rings. The lowest BCUT2D eigenvalue weighted by Crippen LogP contribution is -2.41. The quantitative estimate of drug-likeness (QED) is 0.831. The summed E-state index contributed by atoms with van der Waals surface area (Å²) >= 11 is 0. The highest BCUT2D eigenvalue weighted by atomic mass is 32.2. The van der Waals surface area contributed by atoms with Crippen molar-refractivity contribution in [3.8, 4) is 0 Å². The fraction of sp³-hybridized carbons (Fsp3) is 0.625. The lowest BCUT2D eigenvalue weighted by molar-refractivity contribution is -0.0489. The van der Waals surface area contributed by atoms with Crippen LogP contribution in [-0.2, 0) is 15.6 Å². The molecule has 1 aromatic carbocycles. The van der Waals surface area contributed by atoms with E-state index in [2.05, 4.69) is 4.72 Å². The summed E-state index contributed by atoms with van der Waals surface area (Å²) in [5.74, 6) is -3.64. The maximum Gasteiger partial charge on any atom is 0.248 e. The van der Waals surface area contributed by atoms with Gasteiger partial charge in [0, 0.05) is 19.4 Å². The molecule has 0 saturated heterocycles. The van der Waals surface area contributed by atoms with E-state index in [9.17, 15) is 22.3 Å². The van der Waals surface area contributed by atoms with Crippen molar-refractivity contribution >= 4 is 10.0 Å². The third kappa shape index (κ3) is 5.51. The molecule has 2 atom stereocenters. The van der Waals surface area contributed by atoms with Gasteiger partial charge in [-0.15, -0.1) is 0 Å². The Labute approximate surface area is 136 Å². The van der Waals surface area contributed by atoms with Gasteiger partial charge in [-0.25, -0.2) is 21.9 Å². The van der Waals surface area contributed by atoms with Crippen LogP contribution in [0.2, 0.25) is 0 Å². The summed E-state index contributed by atoms with van der Waals surface area (Å²) < 4.78 is 53.3. The van der Waals surface area contributed by atoms with E-state index in [-0.39, 0.29) is 25.1 Å². The van der Waals surface area contributed by atoms with E-state index in [0.29, 0.717) is 18.4 Å². The van der Waals surface area contributed by atoms with Gasteiger partial charge in [-0.3, -0.25) is 0 Å². The molecule has 1 aromatic rings. The number of benzene rings is 1. The van der Waals surface area contributed by atoms with Gasteiger partial charge in [-0.1, -0.05) is 30.3 Å². The SMILES string of the molecule is C[C@](O)(CNS(=O)(=O)C[C@@H]1CCCC(F)(F)C1)c1ccccc1. The molecule has 0 spiro atoms. The maximum absolute atomic E-state index is 13.4. The first-order valence-electron chi connectivity index (χ1n) is 7.73. The molecule has 23 heavy (non-hydrogen) atoms. The Morgan fingerprint density at radius 3 is 2.61 bits per heavy atom. The minimum Gasteiger partial charge on any atom is -0.384 e. The second-order valence-corrected chi connectivity index (χ2v) is 8.41. The van der Waals surface area contributed by atoms with Crippen LogP contribution < -0.4 is 4.72 Å². The third-order valence-electron chi connectivity index (χ3n) is 4.23. The molecule has 130 valence electrons. The highest BCUT2D eigenvalue weighted by molar-refractivity contribution is 7.89. The molecule has 0 radical (unpaired) electrons. The van der Waals surface area contributed by atoms with Gasteiger partial charge in [-0.05, 0) is 31.2 Å². The van der Waals surface area contributed by atoms with Crippen molar-refractivity contribution in [1.82, 2.24) is 4.72 Å². The van der Waals surface area contributed by atoms with Gasteiger partial charge in [0.25, 0.3) is 0 Å². The molecular formula is C16H23F2NO3S. The van der Waals surface area contributed by atoms with E-state index in [1.54, 1.807) is 30.3 Å². The largest absolute Gasteiger partial charge is 0.384 e. The lowest BCUT2D eigenvalue weighted by Gasteiger charge is -2.29. The first-order valence-corrected chi connectivity index (χ1v) is 9.38. The minimum absolute atomic E-state index is 0.167. The van der Waals surface area contributed by atoms with E-state index in [0.717, 1.165) is 0 Å². The van der Waals surface area contributed by atoms with Gasteiger partial charge in [0.15, 0.2) is 0 Å². The van der Waals surface area contributed by atoms with Gasteiger partial charge in [0.2, 0.25) is 15.9 Å². The zero-order chi connectivity index (χ0) is 17.1. The van der Waals surface area contributed by atoms with Crippen molar-refractivity contribution in [1.29, 1.82) is 0 Å². The molecule has 1 aliphatic rings. The summed E-state index contributed by atoms with van der Waals surface area (Å²) in [6.45, 7) is 1.32. The molecule has 0 aromatic heterocycles. The molecule has 2 N–H and O–H groups in total. The Bertz CT molecular complexity index is 617. The number of aliphatic hydroxyl groups is 1. The van der Waals surface area contributed by atoms with Gasteiger partial charge in [-0.2, -0.15) is 0 Å². The molecule has 0 heterocycles. The summed E-state index contributed by atoms with van der Waals surface area (Å²) in [7, 11) is -3.72. The number of halogens is 2. The van der Waals surface area contributed by atoms with E-state index in [1.807, 2.05) is 0 Å². The molecule has 2 rings (SSSR count). The van der Waals surface area contributed by atoms with E-state index in [1.165, 1.54) is 6.92 Å². The summed E-state index contributed by atoms with van der Waals surface area (Å²) in [5, 5.41) is 10.4. The summed E-state index contributed by atoms with van der Waals surface area (Å²) in [6.07, 6.45) is 0.281. The molecule has 1 aliphatic carbocycles. The van der Waals surface area contributed by atoms with Crippen molar-refractivity contribution in [2.45, 2.75) is 44.1 Å². The van der Waals surface area contributed by atoms with Gasteiger partial charge >= 0.3 is 0 Å². The Morgan fingerprint density at radius 1 is 1.35 bits per heavy atom. The summed E-state index contributed by atoms with van der Waals surface area (Å²) in [5.41, 5.74) is -0.767. The van der Waals surface area contributed by atoms with Crippen LogP contribution in [0.25, 0.3) is 0 Å².